The fraction of sp³-hybridized carbons (Fsp3) is 0.167. The Kier molecular flexibility index (Phi) is 5.01. The highest BCUT2D eigenvalue weighted by atomic mass is 35.5. The van der Waals surface area contributed by atoms with Gasteiger partial charge in [0.05, 0.1) is 16.3 Å². The number of hydrogen-bond acceptors (Lipinski definition) is 4. The Morgan fingerprint density at radius 1 is 1.04 bits per heavy atom. The molecule has 0 N–H and O–H groups in total. The minimum atomic E-state index is -4.02. The van der Waals surface area contributed by atoms with E-state index in [1.165, 1.54) is 16.8 Å². The molecule has 0 aliphatic rings. The molecule has 0 unspecified atom stereocenters. The molecule has 0 amide bonds. The predicted molar refractivity (Wildman–Crippen MR) is 102 cm³/mol. The molecule has 1 heterocycles. The van der Waals surface area contributed by atoms with Crippen LogP contribution in [-0.4, -0.2) is 18.2 Å². The molecule has 0 bridgehead atoms. The molecule has 26 heavy (non-hydrogen) atoms. The van der Waals surface area contributed by atoms with Crippen LogP contribution in [0.25, 0.3) is 11.1 Å². The lowest BCUT2D eigenvalue weighted by molar-refractivity contribution is 0.456. The number of hydrogen-bond donors (Lipinski definition) is 0. The lowest BCUT2D eigenvalue weighted by Crippen LogP contribution is -2.12. The molecule has 0 radical (unpaired) electrons. The van der Waals surface area contributed by atoms with Gasteiger partial charge >= 0.3 is 10.1 Å². The number of nitrogens with zero attached hydrogens (tertiary/aromatic N) is 2. The van der Waals surface area contributed by atoms with Crippen molar-refractivity contribution in [3.05, 3.63) is 63.8 Å². The average Bonchev–Trinajstić information content (AvgIpc) is 2.82. The summed E-state index contributed by atoms with van der Waals surface area (Å²) in [7, 11) is -2.41. The van der Waals surface area contributed by atoms with E-state index in [9.17, 15) is 8.42 Å². The molecule has 0 spiro atoms. The van der Waals surface area contributed by atoms with Gasteiger partial charge in [-0.2, -0.15) is 13.5 Å². The van der Waals surface area contributed by atoms with Crippen molar-refractivity contribution in [1.29, 1.82) is 0 Å². The monoisotopic (exact) mass is 410 g/mol. The minimum Gasteiger partial charge on any atom is -0.358 e. The molecule has 0 aliphatic carbocycles. The highest BCUT2D eigenvalue weighted by Gasteiger charge is 2.25. The topological polar surface area (TPSA) is 61.2 Å². The van der Waals surface area contributed by atoms with E-state index in [4.69, 9.17) is 27.4 Å². The van der Waals surface area contributed by atoms with Crippen molar-refractivity contribution in [2.75, 3.05) is 0 Å². The number of rotatable bonds is 4. The Hall–Kier alpha value is -2.02. The molecular formula is C18H16Cl2N2O3S. The lowest BCUT2D eigenvalue weighted by Gasteiger charge is -2.11. The Labute approximate surface area is 162 Å². The summed E-state index contributed by atoms with van der Waals surface area (Å²) in [6.45, 7) is 3.63. The molecule has 5 nitrogen and oxygen atoms in total. The Morgan fingerprint density at radius 2 is 1.69 bits per heavy atom. The second-order valence-corrected chi connectivity index (χ2v) is 8.25. The molecule has 3 rings (SSSR count). The smallest absolute Gasteiger partial charge is 0.340 e. The van der Waals surface area contributed by atoms with Gasteiger partial charge in [-0.05, 0) is 38.1 Å². The van der Waals surface area contributed by atoms with E-state index in [1.54, 1.807) is 44.3 Å². The number of benzene rings is 2. The van der Waals surface area contributed by atoms with Gasteiger partial charge in [-0.25, -0.2) is 4.68 Å². The molecule has 0 fully saturated rings. The van der Waals surface area contributed by atoms with E-state index in [0.29, 0.717) is 26.9 Å². The molecule has 8 heteroatoms. The summed E-state index contributed by atoms with van der Waals surface area (Å²) >= 11 is 12.3. The van der Waals surface area contributed by atoms with Crippen LogP contribution in [0.4, 0.5) is 0 Å². The molecule has 136 valence electrons. The first-order valence-electron chi connectivity index (χ1n) is 7.69. The lowest BCUT2D eigenvalue weighted by atomic mass is 10.1. The first-order valence-corrected chi connectivity index (χ1v) is 9.85. The van der Waals surface area contributed by atoms with Gasteiger partial charge in [-0.1, -0.05) is 47.0 Å². The van der Waals surface area contributed by atoms with Gasteiger partial charge in [0, 0.05) is 17.6 Å². The van der Waals surface area contributed by atoms with E-state index < -0.39 is 10.1 Å². The second-order valence-electron chi connectivity index (χ2n) is 5.86. The van der Waals surface area contributed by atoms with Crippen molar-refractivity contribution in [2.24, 2.45) is 7.05 Å². The quantitative estimate of drug-likeness (QED) is 0.580. The maximum absolute atomic E-state index is 12.7. The first-order chi connectivity index (χ1) is 12.2. The zero-order valence-electron chi connectivity index (χ0n) is 14.3. The van der Waals surface area contributed by atoms with E-state index in [1.807, 2.05) is 6.92 Å². The van der Waals surface area contributed by atoms with Gasteiger partial charge in [0.25, 0.3) is 0 Å². The molecule has 0 atom stereocenters. The highest BCUT2D eigenvalue weighted by Crippen LogP contribution is 2.39. The van der Waals surface area contributed by atoms with Gasteiger partial charge in [-0.15, -0.1) is 0 Å². The van der Waals surface area contributed by atoms with Gasteiger partial charge in [0.15, 0.2) is 0 Å². The fourth-order valence-electron chi connectivity index (χ4n) is 2.59. The van der Waals surface area contributed by atoms with Crippen LogP contribution in [0.2, 0.25) is 10.0 Å². The van der Waals surface area contributed by atoms with Gasteiger partial charge in [0.1, 0.15) is 4.90 Å². The average molecular weight is 411 g/mol. The SMILES string of the molecule is Cc1ccc(S(=O)(=O)Oc2c(-c3ccc(Cl)cc3Cl)c(C)nn2C)cc1. The van der Waals surface area contributed by atoms with Crippen LogP contribution in [0.3, 0.4) is 0 Å². The Morgan fingerprint density at radius 3 is 2.31 bits per heavy atom. The van der Waals surface area contributed by atoms with E-state index in [-0.39, 0.29) is 10.8 Å². The van der Waals surface area contributed by atoms with Gasteiger partial charge in [0.2, 0.25) is 5.88 Å². The summed E-state index contributed by atoms with van der Waals surface area (Å²) in [5, 5.41) is 5.14. The second kappa shape index (κ2) is 6.95. The number of aromatic nitrogens is 2. The maximum Gasteiger partial charge on any atom is 0.340 e. The summed E-state index contributed by atoms with van der Waals surface area (Å²) in [5.41, 5.74) is 2.64. The zero-order valence-corrected chi connectivity index (χ0v) is 16.7. The van der Waals surface area contributed by atoms with Crippen molar-refractivity contribution in [2.45, 2.75) is 18.7 Å². The van der Waals surface area contributed by atoms with Crippen LogP contribution in [-0.2, 0) is 17.2 Å². The third kappa shape index (κ3) is 3.58. The van der Waals surface area contributed by atoms with E-state index in [0.717, 1.165) is 5.56 Å². The molecule has 2 aromatic carbocycles. The van der Waals surface area contributed by atoms with Crippen LogP contribution < -0.4 is 4.18 Å². The number of halogens is 2. The summed E-state index contributed by atoms with van der Waals surface area (Å²) < 4.78 is 32.2. The highest BCUT2D eigenvalue weighted by molar-refractivity contribution is 7.87. The van der Waals surface area contributed by atoms with Crippen LogP contribution in [0, 0.1) is 13.8 Å². The van der Waals surface area contributed by atoms with Crippen LogP contribution in [0.1, 0.15) is 11.3 Å². The van der Waals surface area contributed by atoms with E-state index in [2.05, 4.69) is 5.10 Å². The summed E-state index contributed by atoms with van der Waals surface area (Å²) in [5.74, 6) is 0.0901. The zero-order chi connectivity index (χ0) is 19.1. The standard InChI is InChI=1S/C18H16Cl2N2O3S/c1-11-4-7-14(8-5-11)26(23,24)25-18-17(12(2)21-22(18)3)15-9-6-13(19)10-16(15)20/h4-10H,1-3H3. The predicted octanol–water partition coefficient (Wildman–Crippen LogP) is 4.78. The van der Waals surface area contributed by atoms with Gasteiger partial charge < -0.3 is 4.18 Å². The van der Waals surface area contributed by atoms with Gasteiger partial charge in [-0.3, -0.25) is 0 Å². The maximum atomic E-state index is 12.7. The summed E-state index contributed by atoms with van der Waals surface area (Å²) in [6.07, 6.45) is 0. The van der Waals surface area contributed by atoms with Crippen LogP contribution >= 0.6 is 23.2 Å². The molecular weight excluding hydrogens is 395 g/mol. The molecule has 3 aromatic rings. The Balaban J connectivity index is 2.10. The van der Waals surface area contributed by atoms with Crippen molar-refractivity contribution in [3.63, 3.8) is 0 Å². The molecule has 0 saturated carbocycles. The van der Waals surface area contributed by atoms with Crippen LogP contribution in [0.5, 0.6) is 5.88 Å². The molecule has 0 saturated heterocycles. The third-order valence-corrected chi connectivity index (χ3v) is 5.64. The third-order valence-electron chi connectivity index (χ3n) is 3.87. The largest absolute Gasteiger partial charge is 0.358 e. The number of aryl methyl sites for hydroxylation is 3. The van der Waals surface area contributed by atoms with Crippen molar-refractivity contribution in [3.8, 4) is 17.0 Å². The van der Waals surface area contributed by atoms with Crippen molar-refractivity contribution < 1.29 is 12.6 Å². The van der Waals surface area contributed by atoms with E-state index >= 15 is 0 Å². The summed E-state index contributed by atoms with van der Waals surface area (Å²) in [4.78, 5) is 0.0649. The van der Waals surface area contributed by atoms with Crippen molar-refractivity contribution in [1.82, 2.24) is 9.78 Å². The molecule has 0 aliphatic heterocycles. The fourth-order valence-corrected chi connectivity index (χ4v) is 4.06. The van der Waals surface area contributed by atoms with Crippen molar-refractivity contribution >= 4 is 33.3 Å². The van der Waals surface area contributed by atoms with Crippen LogP contribution in [0.15, 0.2) is 47.4 Å². The Bertz CT molecular complexity index is 1070. The first kappa shape index (κ1) is 18.8. The minimum absolute atomic E-state index is 0.0649. The molecule has 1 aromatic heterocycles. The normalized spacial score (nSPS) is 11.6. The summed E-state index contributed by atoms with van der Waals surface area (Å²) in [6, 6.07) is 11.4.